The number of carboxylic acid groups (broad SMARTS) is 1. The van der Waals surface area contributed by atoms with E-state index >= 15 is 0 Å². The summed E-state index contributed by atoms with van der Waals surface area (Å²) in [4.78, 5) is 50.2. The minimum Gasteiger partial charge on any atom is -0.486 e. The molecule has 0 radical (unpaired) electrons. The number of amides is 1. The highest BCUT2D eigenvalue weighted by Gasteiger charge is 2.44. The van der Waals surface area contributed by atoms with E-state index in [1.807, 2.05) is 40.8 Å². The number of carbonyl (C=O) groups excluding carboxylic acids is 2. The van der Waals surface area contributed by atoms with Crippen molar-refractivity contribution in [3.63, 3.8) is 0 Å². The quantitative estimate of drug-likeness (QED) is 0.343. The molecule has 1 spiro atoms. The molecular weight excluding hydrogens is 534 g/mol. The number of aryl methyl sites for hydroxylation is 1. The van der Waals surface area contributed by atoms with Crippen LogP contribution in [0.25, 0.3) is 22.0 Å². The second-order valence-corrected chi connectivity index (χ2v) is 11.7. The number of piperidine rings is 1. The first-order valence-electron chi connectivity index (χ1n) is 14.4. The molecule has 2 fully saturated rings. The van der Waals surface area contributed by atoms with Gasteiger partial charge in [-0.2, -0.15) is 4.73 Å². The van der Waals surface area contributed by atoms with Gasteiger partial charge in [-0.25, -0.2) is 4.79 Å². The van der Waals surface area contributed by atoms with Crippen LogP contribution in [0.4, 0.5) is 0 Å². The van der Waals surface area contributed by atoms with Gasteiger partial charge in [0.25, 0.3) is 5.91 Å². The summed E-state index contributed by atoms with van der Waals surface area (Å²) in [5, 5.41) is 10.3. The lowest BCUT2D eigenvalue weighted by Crippen LogP contribution is -2.52. The lowest BCUT2D eigenvalue weighted by Gasteiger charge is -2.44. The number of hydrogen-bond donors (Lipinski definition) is 1. The number of carboxylic acids is 1. The van der Waals surface area contributed by atoms with Gasteiger partial charge in [-0.15, -0.1) is 0 Å². The number of Topliss-reactive ketones (excluding diaryl/α,β-unsaturated/α-hetero) is 1. The largest absolute Gasteiger partial charge is 0.486 e. The van der Waals surface area contributed by atoms with Crippen molar-refractivity contribution in [3.8, 4) is 16.9 Å². The van der Waals surface area contributed by atoms with Crippen LogP contribution in [0, 0.1) is 12.8 Å². The van der Waals surface area contributed by atoms with Crippen molar-refractivity contribution in [3.05, 3.63) is 83.3 Å². The highest BCUT2D eigenvalue weighted by Crippen LogP contribution is 2.41. The Labute approximate surface area is 242 Å². The number of benzene rings is 2. The van der Waals surface area contributed by atoms with Gasteiger partial charge in [0.05, 0.1) is 28.8 Å². The van der Waals surface area contributed by atoms with E-state index in [4.69, 9.17) is 9.57 Å². The molecule has 1 amide bonds. The number of rotatable bonds is 6. The smallest absolute Gasteiger partial charge is 0.337 e. The third-order valence-electron chi connectivity index (χ3n) is 8.69. The van der Waals surface area contributed by atoms with E-state index in [0.717, 1.165) is 16.6 Å². The van der Waals surface area contributed by atoms with Crippen molar-refractivity contribution in [2.45, 2.75) is 44.6 Å². The molecule has 7 rings (SSSR count). The first-order valence-corrected chi connectivity index (χ1v) is 14.4. The number of ketones is 1. The summed E-state index contributed by atoms with van der Waals surface area (Å²) in [6.45, 7) is 3.68. The zero-order chi connectivity index (χ0) is 29.0. The topological polar surface area (TPSA) is 111 Å². The molecule has 4 aromatic rings. The molecule has 9 nitrogen and oxygen atoms in total. The van der Waals surface area contributed by atoms with Gasteiger partial charge in [0.1, 0.15) is 18.0 Å². The van der Waals surface area contributed by atoms with Crippen LogP contribution in [-0.4, -0.2) is 62.7 Å². The van der Waals surface area contributed by atoms with Crippen LogP contribution in [0.1, 0.15) is 68.9 Å². The van der Waals surface area contributed by atoms with E-state index in [2.05, 4.69) is 11.1 Å². The average Bonchev–Trinajstić information content (AvgIpc) is 3.77. The highest BCUT2D eigenvalue weighted by molar-refractivity contribution is 6.02. The van der Waals surface area contributed by atoms with Crippen molar-refractivity contribution in [2.24, 2.45) is 5.92 Å². The summed E-state index contributed by atoms with van der Waals surface area (Å²) in [6, 6.07) is 14.7. The number of hydrogen-bond acceptors (Lipinski definition) is 6. The molecule has 4 heterocycles. The lowest BCUT2D eigenvalue weighted by molar-refractivity contribution is -0.00571. The van der Waals surface area contributed by atoms with Gasteiger partial charge in [0, 0.05) is 54.8 Å². The van der Waals surface area contributed by atoms with Crippen molar-refractivity contribution in [1.82, 2.24) is 14.6 Å². The predicted molar refractivity (Wildman–Crippen MR) is 155 cm³/mol. The zero-order valence-corrected chi connectivity index (χ0v) is 23.3. The Kier molecular flexibility index (Phi) is 6.26. The van der Waals surface area contributed by atoms with Crippen LogP contribution >= 0.6 is 0 Å². The molecule has 214 valence electrons. The van der Waals surface area contributed by atoms with Crippen molar-refractivity contribution < 1.29 is 29.1 Å². The van der Waals surface area contributed by atoms with Crippen LogP contribution in [0.15, 0.2) is 60.9 Å². The number of pyridine rings is 1. The summed E-state index contributed by atoms with van der Waals surface area (Å²) in [6.07, 6.45) is 6.63. The fourth-order valence-electron chi connectivity index (χ4n) is 6.05. The monoisotopic (exact) mass is 565 g/mol. The summed E-state index contributed by atoms with van der Waals surface area (Å²) >= 11 is 0. The summed E-state index contributed by atoms with van der Waals surface area (Å²) in [5.74, 6) is 0.0293. The number of aromatic carboxylic acids is 1. The Hall–Kier alpha value is -4.66. The Morgan fingerprint density at radius 2 is 1.83 bits per heavy atom. The Bertz CT molecular complexity index is 1750. The van der Waals surface area contributed by atoms with E-state index < -0.39 is 11.6 Å². The average molecular weight is 566 g/mol. The molecule has 1 N–H and O–H groups in total. The molecule has 0 unspecified atom stereocenters. The molecule has 2 aromatic heterocycles. The van der Waals surface area contributed by atoms with Gasteiger partial charge in [0.2, 0.25) is 0 Å². The van der Waals surface area contributed by atoms with Gasteiger partial charge in [-0.1, -0.05) is 12.1 Å². The summed E-state index contributed by atoms with van der Waals surface area (Å²) in [5.41, 5.74) is 3.75. The molecular formula is C33H31N3O6. The first kappa shape index (κ1) is 26.3. The third-order valence-corrected chi connectivity index (χ3v) is 8.69. The SMILES string of the molecule is Cc1cc2ccc(C(=O)N3CCC4(CC3)CC(=O)c3cc(-c5cncc(C(=O)O)c5)ccc3O4)cc2n1OCC1CC1. The number of likely N-dealkylation sites (tertiary alicyclic amines) is 1. The Morgan fingerprint density at radius 3 is 2.60 bits per heavy atom. The molecule has 0 bridgehead atoms. The van der Waals surface area contributed by atoms with Crippen LogP contribution in [0.2, 0.25) is 0 Å². The Morgan fingerprint density at radius 1 is 1.02 bits per heavy atom. The lowest BCUT2D eigenvalue weighted by atomic mass is 9.82. The zero-order valence-electron chi connectivity index (χ0n) is 23.3. The number of nitrogens with zero attached hydrogens (tertiary/aromatic N) is 3. The van der Waals surface area contributed by atoms with E-state index in [9.17, 15) is 19.5 Å². The van der Waals surface area contributed by atoms with Gasteiger partial charge >= 0.3 is 5.97 Å². The number of carbonyl (C=O) groups is 3. The predicted octanol–water partition coefficient (Wildman–Crippen LogP) is 5.19. The summed E-state index contributed by atoms with van der Waals surface area (Å²) < 4.78 is 8.30. The van der Waals surface area contributed by atoms with Gasteiger partial charge < -0.3 is 19.6 Å². The number of ether oxygens (including phenoxy) is 1. The number of aromatic nitrogens is 2. The maximum absolute atomic E-state index is 13.5. The van der Waals surface area contributed by atoms with Crippen molar-refractivity contribution >= 4 is 28.6 Å². The molecule has 2 aliphatic heterocycles. The van der Waals surface area contributed by atoms with E-state index in [1.165, 1.54) is 25.1 Å². The van der Waals surface area contributed by atoms with Gasteiger partial charge in [-0.05, 0) is 67.6 Å². The van der Waals surface area contributed by atoms with E-state index in [-0.39, 0.29) is 23.7 Å². The fraction of sp³-hybridized carbons (Fsp3) is 0.333. The molecule has 1 aliphatic carbocycles. The first-order chi connectivity index (χ1) is 20.3. The maximum Gasteiger partial charge on any atom is 0.337 e. The molecule has 42 heavy (non-hydrogen) atoms. The van der Waals surface area contributed by atoms with E-state index in [1.54, 1.807) is 18.3 Å². The van der Waals surface area contributed by atoms with Crippen LogP contribution in [0.5, 0.6) is 5.75 Å². The van der Waals surface area contributed by atoms with Crippen molar-refractivity contribution in [2.75, 3.05) is 19.7 Å². The summed E-state index contributed by atoms with van der Waals surface area (Å²) in [7, 11) is 0. The maximum atomic E-state index is 13.5. The Balaban J connectivity index is 1.05. The van der Waals surface area contributed by atoms with Crippen molar-refractivity contribution in [1.29, 1.82) is 0 Å². The molecule has 0 atom stereocenters. The number of fused-ring (bicyclic) bond motifs is 2. The van der Waals surface area contributed by atoms with E-state index in [0.29, 0.717) is 66.5 Å². The van der Waals surface area contributed by atoms with Gasteiger partial charge in [-0.3, -0.25) is 14.6 Å². The molecule has 3 aliphatic rings. The molecule has 2 aromatic carbocycles. The van der Waals surface area contributed by atoms with Gasteiger partial charge in [0.15, 0.2) is 5.78 Å². The minimum atomic E-state index is -1.06. The normalized spacial score (nSPS) is 17.6. The van der Waals surface area contributed by atoms with Crippen LogP contribution in [0.3, 0.4) is 0 Å². The second kappa shape index (κ2) is 10.0. The second-order valence-electron chi connectivity index (χ2n) is 11.7. The fourth-order valence-corrected chi connectivity index (χ4v) is 6.05. The van der Waals surface area contributed by atoms with Crippen LogP contribution < -0.4 is 9.57 Å². The highest BCUT2D eigenvalue weighted by atomic mass is 16.7. The molecule has 1 saturated carbocycles. The molecule has 1 saturated heterocycles. The minimum absolute atomic E-state index is 0.0204. The molecule has 9 heteroatoms. The standard InChI is InChI=1S/C33H31N3O6/c1-20-12-23-4-5-24(15-28(23)36(20)41-19-21-2-3-21)31(38)35-10-8-33(9-11-35)16-29(37)27-14-22(6-7-30(27)42-33)25-13-26(32(39)40)18-34-17-25/h4-7,12-15,17-18,21H,2-3,8-11,16,19H2,1H3,(H,39,40). The third kappa shape index (κ3) is 4.78. The van der Waals surface area contributed by atoms with Crippen LogP contribution in [-0.2, 0) is 0 Å².